The van der Waals surface area contributed by atoms with Gasteiger partial charge in [-0.2, -0.15) is 13.2 Å². The van der Waals surface area contributed by atoms with E-state index in [4.69, 9.17) is 9.72 Å². The Morgan fingerprint density at radius 3 is 2.50 bits per heavy atom. The second-order valence-corrected chi connectivity index (χ2v) is 12.5. The largest absolute Gasteiger partial charge is 0.419 e. The molecular weight excluding hydrogens is 580 g/mol. The summed E-state index contributed by atoms with van der Waals surface area (Å²) in [5.41, 5.74) is -0.994. The Bertz CT molecular complexity index is 1420. The van der Waals surface area contributed by atoms with Gasteiger partial charge in [0, 0.05) is 62.5 Å². The molecule has 4 aliphatic heterocycles. The summed E-state index contributed by atoms with van der Waals surface area (Å²) in [6.45, 7) is 5.24. The van der Waals surface area contributed by atoms with Crippen molar-refractivity contribution in [3.05, 3.63) is 52.2 Å². The molecule has 1 atom stereocenters. The van der Waals surface area contributed by atoms with Gasteiger partial charge in [0.25, 0.3) is 0 Å². The minimum absolute atomic E-state index is 0.0107. The standard InChI is InChI=1S/C31H38F4N6O3/c1-19-37-26-23(27(38-19)36-16-21-4-3-5-24(25(21)32)31(33,34)35)17-41(29(43)30(26)10-13-39(2)18-30)22-6-11-40(12-7-22)28(42)20-8-14-44-15-9-20/h3-5,20,22H,6-18H2,1-2H3,(H,36,37,38). The Morgan fingerprint density at radius 2 is 1.84 bits per heavy atom. The number of halogens is 4. The maximum Gasteiger partial charge on any atom is 0.419 e. The van der Waals surface area contributed by atoms with Gasteiger partial charge in [0.15, 0.2) is 0 Å². The first-order valence-corrected chi connectivity index (χ1v) is 15.3. The molecule has 9 nitrogen and oxygen atoms in total. The topological polar surface area (TPSA) is 90.9 Å². The highest BCUT2D eigenvalue weighted by atomic mass is 19.4. The minimum atomic E-state index is -4.81. The number of aromatic nitrogens is 2. The van der Waals surface area contributed by atoms with Gasteiger partial charge in [0.2, 0.25) is 11.8 Å². The van der Waals surface area contributed by atoms with Crippen LogP contribution in [-0.2, 0) is 39.0 Å². The summed E-state index contributed by atoms with van der Waals surface area (Å²) in [7, 11) is 1.96. The van der Waals surface area contributed by atoms with Gasteiger partial charge < -0.3 is 24.8 Å². The van der Waals surface area contributed by atoms with E-state index in [1.54, 1.807) is 6.92 Å². The third-order valence-electron chi connectivity index (χ3n) is 9.65. The van der Waals surface area contributed by atoms with E-state index in [2.05, 4.69) is 15.2 Å². The number of carbonyl (C=O) groups is 2. The number of amides is 2. The minimum Gasteiger partial charge on any atom is -0.381 e. The first kappa shape index (κ1) is 30.7. The number of likely N-dealkylation sites (tertiary alicyclic amines) is 2. The molecule has 2 aromatic rings. The lowest BCUT2D eigenvalue weighted by Crippen LogP contribution is -2.58. The van der Waals surface area contributed by atoms with Gasteiger partial charge in [-0.25, -0.2) is 14.4 Å². The van der Waals surface area contributed by atoms with Crippen LogP contribution in [0.25, 0.3) is 0 Å². The van der Waals surface area contributed by atoms with Crippen molar-refractivity contribution in [3.63, 3.8) is 0 Å². The van der Waals surface area contributed by atoms with Crippen molar-refractivity contribution in [2.24, 2.45) is 5.92 Å². The zero-order chi connectivity index (χ0) is 31.2. The first-order chi connectivity index (χ1) is 21.0. The number of piperidine rings is 1. The maximum absolute atomic E-state index is 14.9. The van der Waals surface area contributed by atoms with Gasteiger partial charge in [-0.15, -0.1) is 0 Å². The Kier molecular flexibility index (Phi) is 8.29. The van der Waals surface area contributed by atoms with Gasteiger partial charge in [0.1, 0.15) is 22.9 Å². The SMILES string of the molecule is Cc1nc(NCc2cccc(C(F)(F)F)c2F)c2c(n1)C1(CCN(C)C1)C(=O)N(C1CCN(C(=O)C3CCOCC3)CC1)C2. The number of nitrogens with zero attached hydrogens (tertiary/aromatic N) is 5. The molecule has 1 aromatic heterocycles. The van der Waals surface area contributed by atoms with Gasteiger partial charge in [-0.05, 0) is 58.7 Å². The van der Waals surface area contributed by atoms with Crippen LogP contribution in [0.5, 0.6) is 0 Å². The predicted octanol–water partition coefficient (Wildman–Crippen LogP) is 3.89. The molecule has 238 valence electrons. The van der Waals surface area contributed by atoms with E-state index in [0.29, 0.717) is 81.6 Å². The molecule has 1 aromatic carbocycles. The van der Waals surface area contributed by atoms with E-state index in [1.165, 1.54) is 12.1 Å². The molecule has 0 aliphatic carbocycles. The molecular formula is C31H38F4N6O3. The van der Waals surface area contributed by atoms with Crippen molar-refractivity contribution in [3.8, 4) is 0 Å². The van der Waals surface area contributed by atoms with Crippen LogP contribution in [0.3, 0.4) is 0 Å². The Hall–Kier alpha value is -3.32. The number of fused-ring (bicyclic) bond motifs is 2. The highest BCUT2D eigenvalue weighted by Gasteiger charge is 2.54. The summed E-state index contributed by atoms with van der Waals surface area (Å²) in [6, 6.07) is 3.14. The molecule has 2 amide bonds. The second-order valence-electron chi connectivity index (χ2n) is 12.5. The number of anilines is 1. The number of hydrogen-bond donors (Lipinski definition) is 1. The molecule has 3 saturated heterocycles. The number of hydrogen-bond acceptors (Lipinski definition) is 7. The number of nitrogens with one attached hydrogen (secondary N) is 1. The molecule has 4 aliphatic rings. The Morgan fingerprint density at radius 1 is 1.11 bits per heavy atom. The van der Waals surface area contributed by atoms with Crippen molar-refractivity contribution in [2.75, 3.05) is 51.8 Å². The molecule has 13 heteroatoms. The van der Waals surface area contributed by atoms with Crippen molar-refractivity contribution in [1.29, 1.82) is 0 Å². The number of benzene rings is 1. The number of carbonyl (C=O) groups excluding carboxylic acids is 2. The van der Waals surface area contributed by atoms with Crippen LogP contribution in [0.1, 0.15) is 60.3 Å². The molecule has 1 unspecified atom stereocenters. The quantitative estimate of drug-likeness (QED) is 0.509. The van der Waals surface area contributed by atoms with Crippen LogP contribution in [0.4, 0.5) is 23.4 Å². The summed E-state index contributed by atoms with van der Waals surface area (Å²) in [6.07, 6.45) is -1.48. The van der Waals surface area contributed by atoms with Crippen molar-refractivity contribution >= 4 is 17.6 Å². The lowest BCUT2D eigenvalue weighted by molar-refractivity contribution is -0.145. The smallest absolute Gasteiger partial charge is 0.381 e. The number of ether oxygens (including phenoxy) is 1. The lowest BCUT2D eigenvalue weighted by Gasteiger charge is -2.46. The normalized spacial score (nSPS) is 23.8. The number of aryl methyl sites for hydroxylation is 1. The van der Waals surface area contributed by atoms with Crippen LogP contribution >= 0.6 is 0 Å². The number of likely N-dealkylation sites (N-methyl/N-ethyl adjacent to an activating group) is 1. The zero-order valence-electron chi connectivity index (χ0n) is 25.1. The second kappa shape index (κ2) is 11.9. The van der Waals surface area contributed by atoms with Gasteiger partial charge in [-0.1, -0.05) is 12.1 Å². The van der Waals surface area contributed by atoms with E-state index >= 15 is 0 Å². The summed E-state index contributed by atoms with van der Waals surface area (Å²) in [4.78, 5) is 42.8. The van der Waals surface area contributed by atoms with Crippen LogP contribution in [0, 0.1) is 18.7 Å². The Labute approximate surface area is 253 Å². The summed E-state index contributed by atoms with van der Waals surface area (Å²) < 4.78 is 60.3. The fourth-order valence-electron chi connectivity index (χ4n) is 7.28. The van der Waals surface area contributed by atoms with E-state index in [1.807, 2.05) is 16.8 Å². The summed E-state index contributed by atoms with van der Waals surface area (Å²) >= 11 is 0. The molecule has 1 spiro atoms. The van der Waals surface area contributed by atoms with Crippen molar-refractivity contribution in [2.45, 2.75) is 69.8 Å². The van der Waals surface area contributed by atoms with Crippen molar-refractivity contribution < 1.29 is 31.9 Å². The average Bonchev–Trinajstić information content (AvgIpc) is 3.40. The molecule has 3 fully saturated rings. The number of rotatable bonds is 5. The van der Waals surface area contributed by atoms with Crippen LogP contribution in [0.2, 0.25) is 0 Å². The summed E-state index contributed by atoms with van der Waals surface area (Å²) in [5, 5.41) is 3.09. The highest BCUT2D eigenvalue weighted by molar-refractivity contribution is 5.91. The number of alkyl halides is 3. The Balaban J connectivity index is 1.27. The van der Waals surface area contributed by atoms with E-state index in [-0.39, 0.29) is 42.4 Å². The van der Waals surface area contributed by atoms with Crippen LogP contribution in [-0.4, -0.2) is 89.0 Å². The van der Waals surface area contributed by atoms with Crippen molar-refractivity contribution in [1.82, 2.24) is 24.7 Å². The molecule has 44 heavy (non-hydrogen) atoms. The fourth-order valence-corrected chi connectivity index (χ4v) is 7.28. The lowest BCUT2D eigenvalue weighted by atomic mass is 9.76. The van der Waals surface area contributed by atoms with E-state index in [0.717, 1.165) is 18.9 Å². The van der Waals surface area contributed by atoms with Gasteiger partial charge in [-0.3, -0.25) is 9.59 Å². The maximum atomic E-state index is 14.9. The molecule has 0 bridgehead atoms. The highest BCUT2D eigenvalue weighted by Crippen LogP contribution is 2.44. The third-order valence-corrected chi connectivity index (χ3v) is 9.65. The first-order valence-electron chi connectivity index (χ1n) is 15.3. The van der Waals surface area contributed by atoms with E-state index in [9.17, 15) is 27.2 Å². The van der Waals surface area contributed by atoms with Crippen LogP contribution in [0.15, 0.2) is 18.2 Å². The molecule has 5 heterocycles. The van der Waals surface area contributed by atoms with Gasteiger partial charge in [0.05, 0.1) is 17.8 Å². The third kappa shape index (κ3) is 5.64. The summed E-state index contributed by atoms with van der Waals surface area (Å²) in [5.74, 6) is -0.352. The van der Waals surface area contributed by atoms with Crippen LogP contribution < -0.4 is 5.32 Å². The monoisotopic (exact) mass is 618 g/mol. The molecule has 1 N–H and O–H groups in total. The zero-order valence-corrected chi connectivity index (χ0v) is 25.1. The molecule has 6 rings (SSSR count). The van der Waals surface area contributed by atoms with Gasteiger partial charge >= 0.3 is 6.18 Å². The fraction of sp³-hybridized carbons (Fsp3) is 0.613. The molecule has 0 saturated carbocycles. The average molecular weight is 619 g/mol. The molecule has 0 radical (unpaired) electrons. The van der Waals surface area contributed by atoms with E-state index < -0.39 is 23.0 Å². The predicted molar refractivity (Wildman–Crippen MR) is 153 cm³/mol.